The van der Waals surface area contributed by atoms with Crippen molar-refractivity contribution in [2.45, 2.75) is 89.6 Å². The fourth-order valence-electron chi connectivity index (χ4n) is 7.35. The molecule has 1 aromatic heterocycles. The Morgan fingerprint density at radius 3 is 2.14 bits per heavy atom. The molecular formula is C47H57Cl3F3N6O17PS. The molecule has 1 aliphatic carbocycles. The van der Waals surface area contributed by atoms with Crippen LogP contribution in [0.3, 0.4) is 0 Å². The summed E-state index contributed by atoms with van der Waals surface area (Å²) in [5.74, 6) is -6.79. The fourth-order valence-corrected chi connectivity index (χ4v) is 8.98. The second-order valence-electron chi connectivity index (χ2n) is 16.8. The third kappa shape index (κ3) is 19.8. The number of hydrogen-bond donors (Lipinski definition) is 4. The molecule has 0 bridgehead atoms. The quantitative estimate of drug-likeness (QED) is 0.0143. The van der Waals surface area contributed by atoms with Gasteiger partial charge in [-0.3, -0.25) is 48.8 Å². The average molecular weight is 1200 g/mol. The number of ketones is 3. The van der Waals surface area contributed by atoms with Crippen molar-refractivity contribution in [2.24, 2.45) is 5.92 Å². The second kappa shape index (κ2) is 31.0. The molecular weight excluding hydrogens is 1150 g/mol. The number of aryl methyl sites for hydroxylation is 3. The number of carboxylic acids is 1. The van der Waals surface area contributed by atoms with Crippen molar-refractivity contribution in [1.82, 2.24) is 19.7 Å². The van der Waals surface area contributed by atoms with Crippen molar-refractivity contribution >= 4 is 98.8 Å². The molecule has 3 aromatic carbocycles. The lowest BCUT2D eigenvalue weighted by Gasteiger charge is -2.31. The average Bonchev–Trinajstić information content (AvgIpc) is 3.65. The number of benzene rings is 3. The molecule has 0 spiro atoms. The lowest BCUT2D eigenvalue weighted by molar-refractivity contribution is -0.385. The van der Waals surface area contributed by atoms with Gasteiger partial charge in [0.15, 0.2) is 33.0 Å². The normalized spacial score (nSPS) is 13.4. The van der Waals surface area contributed by atoms with Crippen LogP contribution in [-0.4, -0.2) is 134 Å². The molecule has 23 nitrogen and oxygen atoms in total. The maximum Gasteiger partial charge on any atom is 0.355 e. The van der Waals surface area contributed by atoms with Gasteiger partial charge < -0.3 is 29.3 Å². The Morgan fingerprint density at radius 1 is 1.04 bits per heavy atom. The Bertz CT molecular complexity index is 3050. The monoisotopic (exact) mass is 1200 g/mol. The summed E-state index contributed by atoms with van der Waals surface area (Å²) in [5, 5.41) is 23.7. The van der Waals surface area contributed by atoms with Crippen molar-refractivity contribution in [3.8, 4) is 5.69 Å². The number of Topliss-reactive ketones (excluding diaryl/α,β-unsaturated/α-hetero) is 3. The number of aromatic nitrogens is 3. The number of hydrogen-bond acceptors (Lipinski definition) is 16. The van der Waals surface area contributed by atoms with Crippen molar-refractivity contribution in [3.63, 3.8) is 0 Å². The molecule has 430 valence electrons. The van der Waals surface area contributed by atoms with Crippen LogP contribution in [-0.2, 0) is 60.7 Å². The molecule has 1 aliphatic rings. The fraction of sp³-hybridized carbons (Fsp3) is 0.447. The molecule has 0 radical (unpaired) electrons. The second-order valence-corrected chi connectivity index (χ2v) is 21.6. The van der Waals surface area contributed by atoms with Gasteiger partial charge in [-0.25, -0.2) is 22.2 Å². The topological polar surface area (TPSA) is 331 Å². The van der Waals surface area contributed by atoms with Crippen molar-refractivity contribution < 1.29 is 84.2 Å². The Hall–Kier alpha value is -5.90. The van der Waals surface area contributed by atoms with E-state index >= 15 is 0 Å². The Labute approximate surface area is 460 Å². The van der Waals surface area contributed by atoms with Gasteiger partial charge in [0.05, 0.1) is 53.2 Å². The van der Waals surface area contributed by atoms with Gasteiger partial charge in [-0.15, -0.1) is 28.3 Å². The van der Waals surface area contributed by atoms with Crippen LogP contribution in [0.4, 0.5) is 24.5 Å². The zero-order valence-corrected chi connectivity index (χ0v) is 46.9. The molecule has 1 heterocycles. The molecule has 0 aliphatic heterocycles. The number of carbonyl (C=O) groups excluding carboxylic acids is 5. The number of nitro groups is 1. The molecule has 5 rings (SSSR count). The Morgan fingerprint density at radius 2 is 1.65 bits per heavy atom. The van der Waals surface area contributed by atoms with Gasteiger partial charge in [-0.05, 0) is 81.5 Å². The number of methoxy groups -OCH3 is 1. The van der Waals surface area contributed by atoms with Gasteiger partial charge in [0, 0.05) is 43.7 Å². The number of alkyl halides is 4. The highest BCUT2D eigenvalue weighted by molar-refractivity contribution is 7.90. The van der Waals surface area contributed by atoms with Crippen LogP contribution in [0.2, 0.25) is 5.02 Å². The summed E-state index contributed by atoms with van der Waals surface area (Å²) in [6, 6.07) is 10.9. The molecule has 1 fully saturated rings. The van der Waals surface area contributed by atoms with Gasteiger partial charge in [0.25, 0.3) is 5.69 Å². The maximum atomic E-state index is 14.2. The maximum absolute atomic E-state index is 14.2. The minimum absolute atomic E-state index is 0.0223. The minimum atomic E-state index is -4.10. The van der Waals surface area contributed by atoms with E-state index in [0.29, 0.717) is 17.7 Å². The van der Waals surface area contributed by atoms with Crippen LogP contribution in [0.5, 0.6) is 0 Å². The first kappa shape index (κ1) is 68.2. The number of nitrogens with one attached hydrogen (secondary N) is 1. The zero-order valence-electron chi connectivity index (χ0n) is 42.9. The van der Waals surface area contributed by atoms with E-state index < -0.39 is 105 Å². The molecule has 1 saturated carbocycles. The third-order valence-corrected chi connectivity index (χ3v) is 13.5. The zero-order chi connectivity index (χ0) is 59.6. The number of nitrogens with zero attached hydrogens (tertiary/aromatic N) is 5. The molecule has 4 aromatic rings. The first-order chi connectivity index (χ1) is 36.3. The first-order valence-electron chi connectivity index (χ1n) is 23.0. The molecule has 2 atom stereocenters. The van der Waals surface area contributed by atoms with Crippen molar-refractivity contribution in [2.75, 3.05) is 50.2 Å². The Balaban J connectivity index is 0.000000371. The van der Waals surface area contributed by atoms with Crippen LogP contribution < -0.4 is 15.9 Å². The summed E-state index contributed by atoms with van der Waals surface area (Å²) >= 11 is 17.7. The van der Waals surface area contributed by atoms with Crippen LogP contribution >= 0.6 is 42.4 Å². The number of amides is 1. The number of esters is 1. The van der Waals surface area contributed by atoms with Crippen LogP contribution in [0, 0.1) is 35.7 Å². The first-order valence-corrected chi connectivity index (χ1v) is 28.1. The van der Waals surface area contributed by atoms with E-state index in [0.717, 1.165) is 59.8 Å². The van der Waals surface area contributed by atoms with E-state index in [1.54, 1.807) is 18.9 Å². The van der Waals surface area contributed by atoms with E-state index in [1.807, 2.05) is 26.0 Å². The number of sulfone groups is 1. The highest BCUT2D eigenvalue weighted by atomic mass is 35.5. The third-order valence-electron chi connectivity index (χ3n) is 10.8. The van der Waals surface area contributed by atoms with E-state index in [1.165, 1.54) is 6.92 Å². The summed E-state index contributed by atoms with van der Waals surface area (Å²) in [6.45, 7) is 5.93. The largest absolute Gasteiger partial charge is 0.480 e. The van der Waals surface area contributed by atoms with Gasteiger partial charge in [-0.2, -0.15) is 13.5 Å². The summed E-state index contributed by atoms with van der Waals surface area (Å²) in [5.41, 5.74) is 0.678. The van der Waals surface area contributed by atoms with E-state index in [9.17, 15) is 69.8 Å². The number of carboxylic acid groups (broad SMARTS) is 1. The molecule has 4 N–H and O–H groups in total. The summed E-state index contributed by atoms with van der Waals surface area (Å²) in [6.07, 6.45) is 1.53. The number of carbonyl (C=O) groups is 6. The van der Waals surface area contributed by atoms with Gasteiger partial charge in [-0.1, -0.05) is 36.7 Å². The summed E-state index contributed by atoms with van der Waals surface area (Å²) in [7, 11) is -6.16. The predicted molar refractivity (Wildman–Crippen MR) is 279 cm³/mol. The SMILES string of the molecule is CCOC(=O)C(Cl)Cc1cc(-n2nc(C)n(C(F)F)c2=O)c(F)cc1Cl.CCc1cccc(C)c1N(C(=O)CCl)C(C)COC.CS(=O)(=O)c1ccc(C(=O)C2C(=O)CCCC2=O)c([N+](=O)[O-])c1.O=C(O)CNCP(=O)(O)O. The van der Waals surface area contributed by atoms with E-state index in [4.69, 9.17) is 59.2 Å². The smallest absolute Gasteiger partial charge is 0.355 e. The number of para-hydroxylation sites is 1. The van der Waals surface area contributed by atoms with Crippen LogP contribution in [0.15, 0.2) is 58.2 Å². The molecule has 1 amide bonds. The van der Waals surface area contributed by atoms with Crippen molar-refractivity contribution in [3.05, 3.63) is 108 Å². The van der Waals surface area contributed by atoms with Gasteiger partial charge in [0.1, 0.15) is 28.7 Å². The van der Waals surface area contributed by atoms with E-state index in [2.05, 4.69) is 23.4 Å². The summed E-state index contributed by atoms with van der Waals surface area (Å²) < 4.78 is 83.7. The minimum Gasteiger partial charge on any atom is -0.480 e. The van der Waals surface area contributed by atoms with Crippen molar-refractivity contribution in [1.29, 1.82) is 0 Å². The van der Waals surface area contributed by atoms with Gasteiger partial charge in [0.2, 0.25) is 5.91 Å². The van der Waals surface area contributed by atoms with Crippen LogP contribution in [0.25, 0.3) is 5.69 Å². The molecule has 0 saturated heterocycles. The molecule has 31 heteroatoms. The highest BCUT2D eigenvalue weighted by Crippen LogP contribution is 2.32. The van der Waals surface area contributed by atoms with Gasteiger partial charge >= 0.3 is 31.8 Å². The highest BCUT2D eigenvalue weighted by Gasteiger charge is 2.39. The van der Waals surface area contributed by atoms with Crippen LogP contribution in [0.1, 0.15) is 79.5 Å². The standard InChI is InChI=1S/C15H14Cl2F3N3O3.C15H22ClNO2.C14H13NO7S.C3H8NO5P/c1-3-26-13(24)10(17)4-8-5-12(11(18)6-9(8)16)23-15(25)22(14(19)20)7(2)21-23;1-5-13-8-6-7-11(2)15(13)17(14(18)9-16)12(3)10-19-4;1-23(21,22)8-5-6-9(10(7-8)15(19)20)14(18)13-11(16)3-2-4-12(13)17;5-3(6)1-4-2-10(7,8)9/h5-6,10,14H,3-4H2,1-2H3;6-8,12H,5,9-10H2,1-4H3;5-7,13H,2-4H2,1H3;4H,1-2H2,(H,5,6)(H2,7,8,9). The number of ether oxygens (including phenoxy) is 2. The molecule has 78 heavy (non-hydrogen) atoms. The number of anilines is 1. The number of halogens is 6. The molecule has 2 unspecified atom stereocenters. The predicted octanol–water partition coefficient (Wildman–Crippen LogP) is 6.32. The number of nitro benzene ring substituents is 1. The van der Waals surface area contributed by atoms with E-state index in [-0.39, 0.29) is 75.3 Å². The number of aliphatic carboxylic acids is 1. The summed E-state index contributed by atoms with van der Waals surface area (Å²) in [4.78, 5) is 110. The lowest BCUT2D eigenvalue weighted by atomic mass is 9.81. The Kier molecular flexibility index (Phi) is 27.1. The lowest BCUT2D eigenvalue weighted by Crippen LogP contribution is -2.43. The number of rotatable bonds is 20.